The van der Waals surface area contributed by atoms with Gasteiger partial charge in [-0.15, -0.1) is 0 Å². The average Bonchev–Trinajstić information content (AvgIpc) is 2.29. The number of aromatic amines is 1. The SMILES string of the molecule is Nc1cc(-c2c(Cl)ccc(Cl)c2Cl)c[nH]c1=O. The topological polar surface area (TPSA) is 58.9 Å². The number of anilines is 1. The van der Waals surface area contributed by atoms with Gasteiger partial charge in [0.05, 0.1) is 20.8 Å². The monoisotopic (exact) mass is 288 g/mol. The van der Waals surface area contributed by atoms with Gasteiger partial charge in [0.25, 0.3) is 5.56 Å². The van der Waals surface area contributed by atoms with Crippen LogP contribution < -0.4 is 11.3 Å². The van der Waals surface area contributed by atoms with E-state index in [9.17, 15) is 4.79 Å². The standard InChI is InChI=1S/C11H7Cl3N2O/c12-6-1-2-7(13)10(14)9(6)5-3-8(15)11(17)16-4-5/h1-4H,15H2,(H,16,17). The molecule has 0 saturated carbocycles. The molecule has 0 aliphatic rings. The summed E-state index contributed by atoms with van der Waals surface area (Å²) in [5.74, 6) is 0. The van der Waals surface area contributed by atoms with Crippen molar-refractivity contribution >= 4 is 40.5 Å². The number of pyridine rings is 1. The highest BCUT2D eigenvalue weighted by atomic mass is 35.5. The van der Waals surface area contributed by atoms with Crippen LogP contribution in [0.1, 0.15) is 0 Å². The molecule has 0 unspecified atom stereocenters. The minimum Gasteiger partial charge on any atom is -0.394 e. The number of halogens is 3. The minimum atomic E-state index is -0.358. The van der Waals surface area contributed by atoms with Crippen LogP contribution in [0.25, 0.3) is 11.1 Å². The van der Waals surface area contributed by atoms with Crippen molar-refractivity contribution in [2.45, 2.75) is 0 Å². The lowest BCUT2D eigenvalue weighted by molar-refractivity contribution is 1.25. The molecule has 3 nitrogen and oxygen atoms in total. The maximum atomic E-state index is 11.2. The van der Waals surface area contributed by atoms with Crippen molar-refractivity contribution in [1.29, 1.82) is 0 Å². The first-order chi connectivity index (χ1) is 8.00. The maximum Gasteiger partial charge on any atom is 0.271 e. The van der Waals surface area contributed by atoms with E-state index >= 15 is 0 Å². The van der Waals surface area contributed by atoms with Gasteiger partial charge in [-0.2, -0.15) is 0 Å². The van der Waals surface area contributed by atoms with Crippen LogP contribution in [0.4, 0.5) is 5.69 Å². The van der Waals surface area contributed by atoms with Crippen LogP contribution in [-0.4, -0.2) is 4.98 Å². The summed E-state index contributed by atoms with van der Waals surface area (Å²) >= 11 is 18.0. The van der Waals surface area contributed by atoms with E-state index in [0.717, 1.165) is 0 Å². The first-order valence-corrected chi connectivity index (χ1v) is 5.76. The Balaban J connectivity index is 2.72. The van der Waals surface area contributed by atoms with Crippen molar-refractivity contribution in [1.82, 2.24) is 4.98 Å². The summed E-state index contributed by atoms with van der Waals surface area (Å²) in [6.07, 6.45) is 1.49. The lowest BCUT2D eigenvalue weighted by Crippen LogP contribution is -2.10. The van der Waals surface area contributed by atoms with Gasteiger partial charge in [0.1, 0.15) is 0 Å². The fraction of sp³-hybridized carbons (Fsp3) is 0. The predicted molar refractivity (Wildman–Crippen MR) is 71.9 cm³/mol. The van der Waals surface area contributed by atoms with Crippen LogP contribution in [0.2, 0.25) is 15.1 Å². The van der Waals surface area contributed by atoms with Gasteiger partial charge in [0, 0.05) is 17.3 Å². The smallest absolute Gasteiger partial charge is 0.271 e. The summed E-state index contributed by atoms with van der Waals surface area (Å²) in [4.78, 5) is 13.7. The fourth-order valence-corrected chi connectivity index (χ4v) is 2.18. The first kappa shape index (κ1) is 12.3. The predicted octanol–water partition coefficient (Wildman–Crippen LogP) is 3.58. The van der Waals surface area contributed by atoms with E-state index in [1.54, 1.807) is 12.1 Å². The number of H-pyrrole nitrogens is 1. The Kier molecular flexibility index (Phi) is 3.33. The second-order valence-corrected chi connectivity index (χ2v) is 4.58. The Hall–Kier alpha value is -1.16. The number of nitrogens with two attached hydrogens (primary N) is 1. The highest BCUT2D eigenvalue weighted by Crippen LogP contribution is 2.38. The number of nitrogens with one attached hydrogen (secondary N) is 1. The quantitative estimate of drug-likeness (QED) is 0.788. The van der Waals surface area contributed by atoms with Crippen LogP contribution in [0.5, 0.6) is 0 Å². The third kappa shape index (κ3) is 2.27. The van der Waals surface area contributed by atoms with Crippen molar-refractivity contribution in [3.05, 3.63) is 49.8 Å². The highest BCUT2D eigenvalue weighted by molar-refractivity contribution is 6.46. The molecule has 0 saturated heterocycles. The lowest BCUT2D eigenvalue weighted by atomic mass is 10.1. The van der Waals surface area contributed by atoms with E-state index in [1.165, 1.54) is 12.3 Å². The zero-order chi connectivity index (χ0) is 12.6. The number of rotatable bonds is 1. The summed E-state index contributed by atoms with van der Waals surface area (Å²) in [5, 5.41) is 1.15. The Labute approximate surface area is 112 Å². The van der Waals surface area contributed by atoms with Gasteiger partial charge in [-0.3, -0.25) is 4.79 Å². The van der Waals surface area contributed by atoms with E-state index < -0.39 is 0 Å². The van der Waals surface area contributed by atoms with Crippen molar-refractivity contribution in [2.24, 2.45) is 0 Å². The summed E-state index contributed by atoms with van der Waals surface area (Å²) in [7, 11) is 0. The Morgan fingerprint density at radius 3 is 2.41 bits per heavy atom. The van der Waals surface area contributed by atoms with Gasteiger partial charge in [0.2, 0.25) is 0 Å². The molecule has 2 rings (SSSR count). The number of benzene rings is 1. The van der Waals surface area contributed by atoms with Crippen LogP contribution in [-0.2, 0) is 0 Å². The maximum absolute atomic E-state index is 11.2. The Morgan fingerprint density at radius 2 is 1.76 bits per heavy atom. The zero-order valence-corrected chi connectivity index (χ0v) is 10.7. The number of nitrogen functional groups attached to an aromatic ring is 1. The van der Waals surface area contributed by atoms with Gasteiger partial charge in [0.15, 0.2) is 0 Å². The Morgan fingerprint density at radius 1 is 1.12 bits per heavy atom. The number of hydrogen-bond acceptors (Lipinski definition) is 2. The highest BCUT2D eigenvalue weighted by Gasteiger charge is 2.12. The molecule has 17 heavy (non-hydrogen) atoms. The Bertz CT molecular complexity index is 637. The normalized spacial score (nSPS) is 10.5. The van der Waals surface area contributed by atoms with Gasteiger partial charge >= 0.3 is 0 Å². The van der Waals surface area contributed by atoms with Crippen LogP contribution >= 0.6 is 34.8 Å². The molecule has 0 bridgehead atoms. The molecular formula is C11H7Cl3N2O. The molecule has 6 heteroatoms. The average molecular weight is 290 g/mol. The van der Waals surface area contributed by atoms with Crippen LogP contribution in [0, 0.1) is 0 Å². The van der Waals surface area contributed by atoms with E-state index in [0.29, 0.717) is 26.2 Å². The number of aromatic nitrogens is 1. The molecule has 0 amide bonds. The molecule has 88 valence electrons. The fourth-order valence-electron chi connectivity index (χ4n) is 1.44. The van der Waals surface area contributed by atoms with E-state index in [-0.39, 0.29) is 11.2 Å². The van der Waals surface area contributed by atoms with Gasteiger partial charge in [-0.1, -0.05) is 34.8 Å². The number of hydrogen-bond donors (Lipinski definition) is 2. The summed E-state index contributed by atoms with van der Waals surface area (Å²) in [6.45, 7) is 0. The van der Waals surface area contributed by atoms with E-state index in [2.05, 4.69) is 4.98 Å². The third-order valence-corrected chi connectivity index (χ3v) is 3.38. The largest absolute Gasteiger partial charge is 0.394 e. The van der Waals surface area contributed by atoms with Crippen molar-refractivity contribution in [2.75, 3.05) is 5.73 Å². The molecule has 3 N–H and O–H groups in total. The van der Waals surface area contributed by atoms with Crippen LogP contribution in [0.15, 0.2) is 29.2 Å². The summed E-state index contributed by atoms with van der Waals surface area (Å²) in [6, 6.07) is 4.74. The van der Waals surface area contributed by atoms with Gasteiger partial charge in [-0.05, 0) is 18.2 Å². The van der Waals surface area contributed by atoms with Crippen molar-refractivity contribution in [3.8, 4) is 11.1 Å². The molecule has 1 heterocycles. The molecule has 0 atom stereocenters. The van der Waals surface area contributed by atoms with Crippen molar-refractivity contribution < 1.29 is 0 Å². The second kappa shape index (κ2) is 4.61. The minimum absolute atomic E-state index is 0.0922. The molecule has 0 aliphatic heterocycles. The van der Waals surface area contributed by atoms with Crippen LogP contribution in [0.3, 0.4) is 0 Å². The zero-order valence-electron chi connectivity index (χ0n) is 8.43. The van der Waals surface area contributed by atoms with E-state index in [1.807, 2.05) is 0 Å². The van der Waals surface area contributed by atoms with Crippen molar-refractivity contribution in [3.63, 3.8) is 0 Å². The molecule has 0 radical (unpaired) electrons. The molecule has 0 fully saturated rings. The summed E-state index contributed by atoms with van der Waals surface area (Å²) < 4.78 is 0. The molecule has 2 aromatic rings. The molecular weight excluding hydrogens is 282 g/mol. The van der Waals surface area contributed by atoms with E-state index in [4.69, 9.17) is 40.5 Å². The third-order valence-electron chi connectivity index (χ3n) is 2.26. The molecule has 1 aromatic heterocycles. The first-order valence-electron chi connectivity index (χ1n) is 4.63. The molecule has 0 aliphatic carbocycles. The second-order valence-electron chi connectivity index (χ2n) is 3.39. The summed E-state index contributed by atoms with van der Waals surface area (Å²) in [5.41, 5.74) is 6.42. The van der Waals surface area contributed by atoms with Gasteiger partial charge < -0.3 is 10.7 Å². The molecule has 0 spiro atoms. The molecule has 1 aromatic carbocycles. The lowest BCUT2D eigenvalue weighted by Gasteiger charge is -2.08. The van der Waals surface area contributed by atoms with Gasteiger partial charge in [-0.25, -0.2) is 0 Å².